The van der Waals surface area contributed by atoms with Crippen LogP contribution >= 0.6 is 11.3 Å². The number of ether oxygens (including phenoxy) is 1. The van der Waals surface area contributed by atoms with E-state index in [1.165, 1.54) is 4.88 Å². The highest BCUT2D eigenvalue weighted by molar-refractivity contribution is 7.09. The summed E-state index contributed by atoms with van der Waals surface area (Å²) in [5.74, 6) is 5.55. The largest absolute Gasteiger partial charge is 0.380 e. The van der Waals surface area contributed by atoms with Crippen LogP contribution in [0.15, 0.2) is 11.7 Å². The molecule has 0 spiro atoms. The quantitative estimate of drug-likeness (QED) is 0.547. The first-order chi connectivity index (χ1) is 7.31. The fourth-order valence-electron chi connectivity index (χ4n) is 1.63. The van der Waals surface area contributed by atoms with Gasteiger partial charge in [-0.1, -0.05) is 13.3 Å². The molecule has 1 aromatic rings. The van der Waals surface area contributed by atoms with Gasteiger partial charge in [-0.2, -0.15) is 0 Å². The molecule has 0 aliphatic rings. The first kappa shape index (κ1) is 12.6. The Morgan fingerprint density at radius 3 is 2.93 bits per heavy atom. The number of nitrogens with zero attached hydrogens (tertiary/aromatic N) is 1. The molecule has 0 bridgehead atoms. The molecule has 0 saturated carbocycles. The van der Waals surface area contributed by atoms with E-state index in [-0.39, 0.29) is 12.1 Å². The third-order valence-corrected chi connectivity index (χ3v) is 3.25. The Bertz CT molecular complexity index is 253. The number of rotatable bonds is 7. The fraction of sp³-hybridized carbons (Fsp3) is 0.700. The highest BCUT2D eigenvalue weighted by Crippen LogP contribution is 2.14. The van der Waals surface area contributed by atoms with Crippen molar-refractivity contribution in [2.75, 3.05) is 7.11 Å². The van der Waals surface area contributed by atoms with Crippen LogP contribution in [0.1, 0.15) is 24.6 Å². The Kier molecular flexibility index (Phi) is 5.78. The predicted octanol–water partition coefficient (Wildman–Crippen LogP) is 1.33. The third kappa shape index (κ3) is 3.87. The average Bonchev–Trinajstić information content (AvgIpc) is 2.75. The van der Waals surface area contributed by atoms with Gasteiger partial charge in [0, 0.05) is 24.6 Å². The van der Waals surface area contributed by atoms with E-state index < -0.39 is 0 Å². The number of nitrogens with two attached hydrogens (primary N) is 1. The summed E-state index contributed by atoms with van der Waals surface area (Å²) in [4.78, 5) is 5.28. The number of nitrogens with one attached hydrogen (secondary N) is 1. The van der Waals surface area contributed by atoms with Crippen molar-refractivity contribution in [3.05, 3.63) is 16.6 Å². The van der Waals surface area contributed by atoms with Crippen molar-refractivity contribution in [2.24, 2.45) is 5.84 Å². The number of aromatic nitrogens is 1. The van der Waals surface area contributed by atoms with Crippen LogP contribution in [-0.2, 0) is 11.2 Å². The summed E-state index contributed by atoms with van der Waals surface area (Å²) in [5.41, 5.74) is 4.67. The predicted molar refractivity (Wildman–Crippen MR) is 62.6 cm³/mol. The van der Waals surface area contributed by atoms with Gasteiger partial charge in [0.15, 0.2) is 0 Å². The number of hydrazine groups is 1. The van der Waals surface area contributed by atoms with E-state index >= 15 is 0 Å². The number of hydrogen-bond donors (Lipinski definition) is 2. The standard InChI is InChI=1S/C10H19N3OS/c1-3-4-10(14-2)9(13-11)5-8-6-12-7-15-8/h6-7,9-10,13H,3-5,11H2,1-2H3. The van der Waals surface area contributed by atoms with Crippen LogP contribution in [0, 0.1) is 0 Å². The minimum atomic E-state index is 0.162. The molecule has 4 nitrogen and oxygen atoms in total. The van der Waals surface area contributed by atoms with Crippen molar-refractivity contribution >= 4 is 11.3 Å². The molecule has 15 heavy (non-hydrogen) atoms. The minimum absolute atomic E-state index is 0.162. The lowest BCUT2D eigenvalue weighted by atomic mass is 10.0. The molecule has 0 fully saturated rings. The summed E-state index contributed by atoms with van der Waals surface area (Å²) in [6, 6.07) is 0.162. The van der Waals surface area contributed by atoms with Gasteiger partial charge in [0.1, 0.15) is 0 Å². The normalized spacial score (nSPS) is 15.1. The minimum Gasteiger partial charge on any atom is -0.380 e. The smallest absolute Gasteiger partial charge is 0.0794 e. The van der Waals surface area contributed by atoms with Gasteiger partial charge in [-0.3, -0.25) is 16.3 Å². The molecule has 0 aliphatic carbocycles. The van der Waals surface area contributed by atoms with Crippen molar-refractivity contribution in [2.45, 2.75) is 38.3 Å². The first-order valence-corrected chi connectivity index (χ1v) is 6.06. The lowest BCUT2D eigenvalue weighted by Gasteiger charge is -2.24. The molecule has 0 aliphatic heterocycles. The molecule has 0 radical (unpaired) electrons. The SMILES string of the molecule is CCCC(OC)C(Cc1cncs1)NN. The molecule has 0 saturated heterocycles. The van der Waals surface area contributed by atoms with E-state index in [0.29, 0.717) is 0 Å². The van der Waals surface area contributed by atoms with Gasteiger partial charge < -0.3 is 4.74 Å². The summed E-state index contributed by atoms with van der Waals surface area (Å²) >= 11 is 1.65. The second-order valence-corrected chi connectivity index (χ2v) is 4.48. The van der Waals surface area contributed by atoms with Crippen LogP contribution in [0.5, 0.6) is 0 Å². The van der Waals surface area contributed by atoms with Gasteiger partial charge in [-0.25, -0.2) is 0 Å². The summed E-state index contributed by atoms with van der Waals surface area (Å²) in [5, 5.41) is 0. The molecule has 0 aromatic carbocycles. The zero-order valence-electron chi connectivity index (χ0n) is 9.27. The number of thiazole rings is 1. The highest BCUT2D eigenvalue weighted by atomic mass is 32.1. The molecule has 5 heteroatoms. The Hall–Kier alpha value is -0.490. The molecule has 86 valence electrons. The maximum Gasteiger partial charge on any atom is 0.0794 e. The molecule has 1 heterocycles. The second-order valence-electron chi connectivity index (χ2n) is 3.51. The lowest BCUT2D eigenvalue weighted by Crippen LogP contribution is -2.46. The zero-order valence-corrected chi connectivity index (χ0v) is 10.1. The van der Waals surface area contributed by atoms with Crippen molar-refractivity contribution < 1.29 is 4.74 Å². The highest BCUT2D eigenvalue weighted by Gasteiger charge is 2.19. The van der Waals surface area contributed by atoms with Crippen LogP contribution in [0.2, 0.25) is 0 Å². The van der Waals surface area contributed by atoms with E-state index in [0.717, 1.165) is 19.3 Å². The molecule has 2 atom stereocenters. The van der Waals surface area contributed by atoms with E-state index in [4.69, 9.17) is 10.6 Å². The Morgan fingerprint density at radius 2 is 2.47 bits per heavy atom. The Morgan fingerprint density at radius 1 is 1.67 bits per heavy atom. The van der Waals surface area contributed by atoms with Crippen molar-refractivity contribution in [1.29, 1.82) is 0 Å². The van der Waals surface area contributed by atoms with Crippen LogP contribution in [-0.4, -0.2) is 24.2 Å². The van der Waals surface area contributed by atoms with Gasteiger partial charge in [0.2, 0.25) is 0 Å². The van der Waals surface area contributed by atoms with Crippen LogP contribution in [0.3, 0.4) is 0 Å². The van der Waals surface area contributed by atoms with Crippen LogP contribution in [0.25, 0.3) is 0 Å². The van der Waals surface area contributed by atoms with Gasteiger partial charge >= 0.3 is 0 Å². The summed E-state index contributed by atoms with van der Waals surface area (Å²) in [6.07, 6.45) is 5.04. The third-order valence-electron chi connectivity index (χ3n) is 2.44. The van der Waals surface area contributed by atoms with Crippen molar-refractivity contribution in [3.63, 3.8) is 0 Å². The number of hydrogen-bond acceptors (Lipinski definition) is 5. The molecule has 2 unspecified atom stereocenters. The van der Waals surface area contributed by atoms with Crippen LogP contribution in [0.4, 0.5) is 0 Å². The summed E-state index contributed by atoms with van der Waals surface area (Å²) in [6.45, 7) is 2.15. The van der Waals surface area contributed by atoms with E-state index in [1.54, 1.807) is 18.4 Å². The van der Waals surface area contributed by atoms with Gasteiger partial charge in [0.05, 0.1) is 17.7 Å². The summed E-state index contributed by atoms with van der Waals surface area (Å²) < 4.78 is 5.43. The first-order valence-electron chi connectivity index (χ1n) is 5.18. The monoisotopic (exact) mass is 229 g/mol. The van der Waals surface area contributed by atoms with E-state index in [9.17, 15) is 0 Å². The fourth-order valence-corrected chi connectivity index (χ4v) is 2.28. The maximum atomic E-state index is 5.55. The van der Waals surface area contributed by atoms with Crippen molar-refractivity contribution in [1.82, 2.24) is 10.4 Å². The second kappa shape index (κ2) is 6.90. The molecule has 3 N–H and O–H groups in total. The van der Waals surface area contributed by atoms with Gasteiger partial charge in [0.25, 0.3) is 0 Å². The summed E-state index contributed by atoms with van der Waals surface area (Å²) in [7, 11) is 1.73. The number of methoxy groups -OCH3 is 1. The van der Waals surface area contributed by atoms with Gasteiger partial charge in [-0.15, -0.1) is 11.3 Å². The molecule has 1 aromatic heterocycles. The Labute approximate surface area is 94.8 Å². The van der Waals surface area contributed by atoms with Gasteiger partial charge in [-0.05, 0) is 6.42 Å². The topological polar surface area (TPSA) is 60.2 Å². The van der Waals surface area contributed by atoms with E-state index in [1.807, 2.05) is 11.7 Å². The van der Waals surface area contributed by atoms with Crippen LogP contribution < -0.4 is 11.3 Å². The van der Waals surface area contributed by atoms with Crippen molar-refractivity contribution in [3.8, 4) is 0 Å². The average molecular weight is 229 g/mol. The zero-order chi connectivity index (χ0) is 11.1. The maximum absolute atomic E-state index is 5.55. The lowest BCUT2D eigenvalue weighted by molar-refractivity contribution is 0.0611. The molecular weight excluding hydrogens is 210 g/mol. The molecular formula is C10H19N3OS. The van der Waals surface area contributed by atoms with E-state index in [2.05, 4.69) is 17.3 Å². The molecule has 1 rings (SSSR count). The Balaban J connectivity index is 2.53. The molecule has 0 amide bonds.